The van der Waals surface area contributed by atoms with E-state index in [9.17, 15) is 14.4 Å². The summed E-state index contributed by atoms with van der Waals surface area (Å²) in [6.07, 6.45) is 2.31. The normalized spacial score (nSPS) is 15.3. The molecule has 3 N–H and O–H groups in total. The summed E-state index contributed by atoms with van der Waals surface area (Å²) < 4.78 is 15.9. The van der Waals surface area contributed by atoms with Crippen LogP contribution in [-0.2, 0) is 35.0 Å². The molecule has 9 nitrogen and oxygen atoms in total. The molecule has 1 aliphatic carbocycles. The molecule has 55 heavy (non-hydrogen) atoms. The van der Waals surface area contributed by atoms with E-state index in [-0.39, 0.29) is 24.8 Å². The molecule has 0 fully saturated rings. The van der Waals surface area contributed by atoms with Gasteiger partial charge in [-0.25, -0.2) is 4.79 Å². The van der Waals surface area contributed by atoms with Gasteiger partial charge < -0.3 is 30.2 Å². The topological polar surface area (TPSA) is 115 Å². The van der Waals surface area contributed by atoms with E-state index < -0.39 is 40.7 Å². The van der Waals surface area contributed by atoms with Crippen molar-refractivity contribution in [1.29, 1.82) is 0 Å². The lowest BCUT2D eigenvalue weighted by Crippen LogP contribution is -2.55. The highest BCUT2D eigenvalue weighted by atomic mass is 32.2. The summed E-state index contributed by atoms with van der Waals surface area (Å²) in [5.41, 5.74) is 4.80. The van der Waals surface area contributed by atoms with Crippen LogP contribution in [0.2, 0.25) is 0 Å². The van der Waals surface area contributed by atoms with Gasteiger partial charge in [-0.1, -0.05) is 115 Å². The lowest BCUT2D eigenvalue weighted by Gasteiger charge is -2.36. The Hall–Kier alpha value is -4.64. The molecule has 0 aromatic heterocycles. The van der Waals surface area contributed by atoms with Gasteiger partial charge in [-0.15, -0.1) is 11.8 Å². The van der Waals surface area contributed by atoms with Crippen molar-refractivity contribution in [3.63, 3.8) is 0 Å². The zero-order valence-corrected chi connectivity index (χ0v) is 33.4. The minimum absolute atomic E-state index is 0.174. The predicted molar refractivity (Wildman–Crippen MR) is 219 cm³/mol. The van der Waals surface area contributed by atoms with Crippen LogP contribution in [0.3, 0.4) is 0 Å². The molecule has 3 amide bonds. The van der Waals surface area contributed by atoms with Crippen LogP contribution in [0.1, 0.15) is 86.7 Å². The number of hydrogen-bond donors (Lipinski definition) is 3. The van der Waals surface area contributed by atoms with Crippen LogP contribution in [0.15, 0.2) is 115 Å². The molecule has 0 heterocycles. The standard InChI is InChI=1S/C45H55N3O6S/c1-44(2,3)54-43(51)48-39(30-31-55-45(33-20-9-6-10-21-33,34-22-11-7-12-23-34)35-24-13-8-14-25-35)42(50)47-38(28-29-40(52-4)53-5)41(49)46-37-27-17-19-32-18-15-16-26-36(32)37/h6-16,18,20-26,37-40H,17,19,27-31H2,1-5H3,(H,46,49)(H,47,50)(H,48,51)/t37-,38?,39+/m1/s1. The molecule has 1 unspecified atom stereocenters. The molecule has 0 aliphatic heterocycles. The maximum Gasteiger partial charge on any atom is 0.408 e. The first kappa shape index (κ1) is 41.5. The van der Waals surface area contributed by atoms with Crippen LogP contribution in [0, 0.1) is 0 Å². The predicted octanol–water partition coefficient (Wildman–Crippen LogP) is 8.07. The van der Waals surface area contributed by atoms with Crippen molar-refractivity contribution in [3.05, 3.63) is 143 Å². The van der Waals surface area contributed by atoms with Gasteiger partial charge in [0.05, 0.1) is 10.8 Å². The SMILES string of the molecule is COC(CCC(NC(=O)[C@H](CCSC(c1ccccc1)(c1ccccc1)c1ccccc1)NC(=O)OC(C)(C)C)C(=O)N[C@@H]1CCCc2ccccc21)OC. The monoisotopic (exact) mass is 765 g/mol. The summed E-state index contributed by atoms with van der Waals surface area (Å²) >= 11 is 1.69. The Bertz CT molecular complexity index is 1720. The molecular formula is C45H55N3O6S. The van der Waals surface area contributed by atoms with Gasteiger partial charge >= 0.3 is 6.09 Å². The maximum atomic E-state index is 14.4. The third-order valence-electron chi connectivity index (χ3n) is 9.81. The number of alkyl carbamates (subject to hydrolysis) is 1. The molecule has 3 atom stereocenters. The maximum absolute atomic E-state index is 14.4. The number of benzene rings is 4. The van der Waals surface area contributed by atoms with Crippen molar-refractivity contribution < 1.29 is 28.6 Å². The fourth-order valence-corrected chi connectivity index (χ4v) is 8.74. The van der Waals surface area contributed by atoms with Crippen molar-refractivity contribution in [1.82, 2.24) is 16.0 Å². The lowest BCUT2D eigenvalue weighted by molar-refractivity contribution is -0.132. The van der Waals surface area contributed by atoms with E-state index in [0.29, 0.717) is 12.2 Å². The Kier molecular flexibility index (Phi) is 14.9. The molecule has 4 aromatic carbocycles. The number of carbonyl (C=O) groups is 3. The fraction of sp³-hybridized carbons (Fsp3) is 0.400. The Morgan fingerprint density at radius 1 is 0.691 bits per heavy atom. The van der Waals surface area contributed by atoms with Gasteiger partial charge in [-0.3, -0.25) is 9.59 Å². The molecule has 0 saturated carbocycles. The smallest absolute Gasteiger partial charge is 0.408 e. The van der Waals surface area contributed by atoms with Gasteiger partial charge in [-0.2, -0.15) is 0 Å². The van der Waals surface area contributed by atoms with E-state index in [0.717, 1.165) is 41.5 Å². The summed E-state index contributed by atoms with van der Waals surface area (Å²) in [4.78, 5) is 41.7. The summed E-state index contributed by atoms with van der Waals surface area (Å²) in [6.45, 7) is 5.33. The second-order valence-corrected chi connectivity index (χ2v) is 16.1. The molecule has 5 rings (SSSR count). The quantitative estimate of drug-likeness (QED) is 0.0736. The number of hydrogen-bond acceptors (Lipinski definition) is 7. The largest absolute Gasteiger partial charge is 0.444 e. The molecule has 0 saturated heterocycles. The van der Waals surface area contributed by atoms with E-state index in [1.54, 1.807) is 46.8 Å². The van der Waals surface area contributed by atoms with Crippen LogP contribution in [0.4, 0.5) is 4.79 Å². The molecular weight excluding hydrogens is 711 g/mol. The van der Waals surface area contributed by atoms with Gasteiger partial charge in [0, 0.05) is 20.6 Å². The second-order valence-electron chi connectivity index (χ2n) is 14.8. The number of ether oxygens (including phenoxy) is 3. The number of thioether (sulfide) groups is 1. The molecule has 4 aromatic rings. The van der Waals surface area contributed by atoms with E-state index in [1.807, 2.05) is 66.7 Å². The van der Waals surface area contributed by atoms with Gasteiger partial charge in [0.15, 0.2) is 6.29 Å². The van der Waals surface area contributed by atoms with E-state index in [1.165, 1.54) is 5.56 Å². The number of amides is 3. The molecule has 0 bridgehead atoms. The number of rotatable bonds is 17. The average Bonchev–Trinajstić information content (AvgIpc) is 3.19. The van der Waals surface area contributed by atoms with Gasteiger partial charge in [0.25, 0.3) is 0 Å². The minimum Gasteiger partial charge on any atom is -0.444 e. The summed E-state index contributed by atoms with van der Waals surface area (Å²) in [6, 6.07) is 37.0. The summed E-state index contributed by atoms with van der Waals surface area (Å²) in [5, 5.41) is 9.06. The van der Waals surface area contributed by atoms with Crippen molar-refractivity contribution in [2.24, 2.45) is 0 Å². The first-order chi connectivity index (χ1) is 26.5. The molecule has 10 heteroatoms. The molecule has 0 radical (unpaired) electrons. The number of fused-ring (bicyclic) bond motifs is 1. The third kappa shape index (κ3) is 11.2. The summed E-state index contributed by atoms with van der Waals surface area (Å²) in [5.74, 6) is -0.313. The van der Waals surface area contributed by atoms with Crippen LogP contribution in [0.25, 0.3) is 0 Å². The lowest BCUT2D eigenvalue weighted by atomic mass is 9.84. The average molecular weight is 766 g/mol. The van der Waals surface area contributed by atoms with E-state index >= 15 is 0 Å². The highest BCUT2D eigenvalue weighted by Gasteiger charge is 2.38. The van der Waals surface area contributed by atoms with E-state index in [4.69, 9.17) is 14.2 Å². The van der Waals surface area contributed by atoms with Crippen molar-refractivity contribution in [2.75, 3.05) is 20.0 Å². The van der Waals surface area contributed by atoms with Gasteiger partial charge in [-0.05, 0) is 86.4 Å². The number of aryl methyl sites for hydroxylation is 1. The van der Waals surface area contributed by atoms with Gasteiger partial charge in [0.1, 0.15) is 17.7 Å². The highest BCUT2D eigenvalue weighted by Crippen LogP contribution is 2.48. The Morgan fingerprint density at radius 2 is 1.22 bits per heavy atom. The van der Waals surface area contributed by atoms with Crippen molar-refractivity contribution >= 4 is 29.7 Å². The molecule has 1 aliphatic rings. The zero-order chi connectivity index (χ0) is 39.3. The highest BCUT2D eigenvalue weighted by molar-refractivity contribution is 8.00. The van der Waals surface area contributed by atoms with Crippen molar-refractivity contribution in [3.8, 4) is 0 Å². The minimum atomic E-state index is -1.01. The van der Waals surface area contributed by atoms with Crippen LogP contribution in [-0.4, -0.2) is 61.9 Å². The van der Waals surface area contributed by atoms with Gasteiger partial charge in [0.2, 0.25) is 11.8 Å². The number of methoxy groups -OCH3 is 2. The zero-order valence-electron chi connectivity index (χ0n) is 32.6. The number of nitrogens with one attached hydrogen (secondary N) is 3. The Morgan fingerprint density at radius 3 is 1.76 bits per heavy atom. The first-order valence-electron chi connectivity index (χ1n) is 19.1. The number of carbonyl (C=O) groups excluding carboxylic acids is 3. The first-order valence-corrected chi connectivity index (χ1v) is 20.1. The summed E-state index contributed by atoms with van der Waals surface area (Å²) in [7, 11) is 3.08. The van der Waals surface area contributed by atoms with Crippen molar-refractivity contribution in [2.45, 2.75) is 94.1 Å². The van der Waals surface area contributed by atoms with Crippen LogP contribution in [0.5, 0.6) is 0 Å². The third-order valence-corrected chi connectivity index (χ3v) is 11.4. The van der Waals surface area contributed by atoms with E-state index in [2.05, 4.69) is 64.5 Å². The Labute approximate surface area is 330 Å². The van der Waals surface area contributed by atoms with Crippen LogP contribution >= 0.6 is 11.8 Å². The Balaban J connectivity index is 1.42. The molecule has 292 valence electrons. The molecule has 0 spiro atoms. The van der Waals surface area contributed by atoms with Crippen LogP contribution < -0.4 is 16.0 Å². The second kappa shape index (κ2) is 19.8. The fourth-order valence-electron chi connectivity index (χ4n) is 7.17.